The topological polar surface area (TPSA) is 25.8 Å². The fourth-order valence-electron chi connectivity index (χ4n) is 1.22. The van der Waals surface area contributed by atoms with E-state index in [1.54, 1.807) is 17.7 Å². The van der Waals surface area contributed by atoms with Gasteiger partial charge in [-0.25, -0.2) is 9.97 Å². The summed E-state index contributed by atoms with van der Waals surface area (Å²) in [5.74, 6) is 0. The zero-order chi connectivity index (χ0) is 10.7. The molecule has 2 aromatic heterocycles. The quantitative estimate of drug-likeness (QED) is 0.722. The van der Waals surface area contributed by atoms with Crippen molar-refractivity contribution in [2.75, 3.05) is 0 Å². The zero-order valence-corrected chi connectivity index (χ0v) is 11.2. The molecule has 0 aliphatic rings. The summed E-state index contributed by atoms with van der Waals surface area (Å²) >= 11 is 5.15. The molecule has 0 bridgehead atoms. The van der Waals surface area contributed by atoms with Crippen LogP contribution in [0, 0.1) is 13.8 Å². The van der Waals surface area contributed by atoms with Gasteiger partial charge in [-0.1, -0.05) is 13.8 Å². The molecule has 14 heavy (non-hydrogen) atoms. The summed E-state index contributed by atoms with van der Waals surface area (Å²) in [4.78, 5) is 9.42. The molecule has 0 atom stereocenters. The van der Waals surface area contributed by atoms with Gasteiger partial charge in [0.25, 0.3) is 0 Å². The van der Waals surface area contributed by atoms with E-state index in [0.29, 0.717) is 0 Å². The zero-order valence-electron chi connectivity index (χ0n) is 8.76. The highest BCUT2D eigenvalue weighted by atomic mass is 79.9. The molecule has 2 aromatic rings. The first-order valence-corrected chi connectivity index (χ1v) is 6.17. The second kappa shape index (κ2) is 4.84. The summed E-state index contributed by atoms with van der Waals surface area (Å²) in [6, 6.07) is 0. The molecule has 2 rings (SSSR count). The van der Waals surface area contributed by atoms with E-state index in [4.69, 9.17) is 0 Å². The van der Waals surface area contributed by atoms with E-state index in [2.05, 4.69) is 32.8 Å². The van der Waals surface area contributed by atoms with Crippen molar-refractivity contribution in [1.82, 2.24) is 9.97 Å². The Bertz CT molecular complexity index is 437. The van der Waals surface area contributed by atoms with Gasteiger partial charge in [-0.3, -0.25) is 0 Å². The minimum Gasteiger partial charge on any atom is -0.241 e. The summed E-state index contributed by atoms with van der Waals surface area (Å²) in [6.07, 6.45) is 1.61. The molecule has 0 saturated carbocycles. The average molecular weight is 273 g/mol. The summed E-state index contributed by atoms with van der Waals surface area (Å²) in [7, 11) is 0. The maximum absolute atomic E-state index is 4.20. The summed E-state index contributed by atoms with van der Waals surface area (Å²) in [6.45, 7) is 8.09. The second-order valence-corrected chi connectivity index (χ2v) is 4.96. The fraction of sp³-hybridized carbons (Fsp3) is 0.400. The molecule has 2 heterocycles. The number of aromatic nitrogens is 2. The van der Waals surface area contributed by atoms with Gasteiger partial charge in [-0.05, 0) is 35.3 Å². The Morgan fingerprint density at radius 2 is 1.86 bits per heavy atom. The normalized spacial score (nSPS) is 9.79. The minimum atomic E-state index is 1.06. The van der Waals surface area contributed by atoms with Crippen molar-refractivity contribution in [3.63, 3.8) is 0 Å². The Morgan fingerprint density at radius 1 is 1.21 bits per heavy atom. The van der Waals surface area contributed by atoms with Gasteiger partial charge in [0.15, 0.2) is 0 Å². The molecule has 0 radical (unpaired) electrons. The minimum absolute atomic E-state index is 1.06. The first-order chi connectivity index (χ1) is 6.70. The van der Waals surface area contributed by atoms with Crippen molar-refractivity contribution in [3.05, 3.63) is 21.4 Å². The highest BCUT2D eigenvalue weighted by Crippen LogP contribution is 2.34. The third kappa shape index (κ3) is 1.96. The van der Waals surface area contributed by atoms with Crippen molar-refractivity contribution < 1.29 is 0 Å². The molecule has 0 spiro atoms. The van der Waals surface area contributed by atoms with Gasteiger partial charge in [0.2, 0.25) is 0 Å². The molecule has 0 fully saturated rings. The number of aryl methyl sites for hydroxylation is 2. The number of rotatable bonds is 0. The SMILES string of the molecule is CC.Cc1ncnc2sc(Br)c(C)c12. The van der Waals surface area contributed by atoms with Crippen LogP contribution in [-0.2, 0) is 0 Å². The van der Waals surface area contributed by atoms with Crippen molar-refractivity contribution >= 4 is 37.5 Å². The van der Waals surface area contributed by atoms with E-state index in [1.807, 2.05) is 20.8 Å². The predicted molar refractivity (Wildman–Crippen MR) is 65.9 cm³/mol. The van der Waals surface area contributed by atoms with Crippen LogP contribution in [0.1, 0.15) is 25.1 Å². The molecule has 2 nitrogen and oxygen atoms in total. The van der Waals surface area contributed by atoms with E-state index >= 15 is 0 Å². The van der Waals surface area contributed by atoms with Crippen LogP contribution in [0.25, 0.3) is 10.2 Å². The van der Waals surface area contributed by atoms with Crippen LogP contribution in [0.4, 0.5) is 0 Å². The Hall–Kier alpha value is -0.480. The van der Waals surface area contributed by atoms with Crippen molar-refractivity contribution in [2.24, 2.45) is 0 Å². The largest absolute Gasteiger partial charge is 0.241 e. The number of hydrogen-bond acceptors (Lipinski definition) is 3. The van der Waals surface area contributed by atoms with E-state index in [9.17, 15) is 0 Å². The average Bonchev–Trinajstić information content (AvgIpc) is 2.47. The highest BCUT2D eigenvalue weighted by Gasteiger charge is 2.09. The Balaban J connectivity index is 0.000000461. The van der Waals surface area contributed by atoms with Gasteiger partial charge in [0.05, 0.1) is 3.79 Å². The van der Waals surface area contributed by atoms with Crippen LogP contribution in [-0.4, -0.2) is 9.97 Å². The van der Waals surface area contributed by atoms with Gasteiger partial charge in [-0.15, -0.1) is 11.3 Å². The van der Waals surface area contributed by atoms with Crippen LogP contribution in [0.2, 0.25) is 0 Å². The number of nitrogens with zero attached hydrogens (tertiary/aromatic N) is 2. The maximum atomic E-state index is 4.20. The molecular weight excluding hydrogens is 260 g/mol. The number of hydrogen-bond donors (Lipinski definition) is 0. The van der Waals surface area contributed by atoms with Gasteiger partial charge >= 0.3 is 0 Å². The number of fused-ring (bicyclic) bond motifs is 1. The molecule has 0 aliphatic carbocycles. The van der Waals surface area contributed by atoms with Crippen molar-refractivity contribution in [3.8, 4) is 0 Å². The third-order valence-corrected chi connectivity index (χ3v) is 3.93. The number of halogens is 1. The van der Waals surface area contributed by atoms with E-state index in [1.165, 1.54) is 10.9 Å². The second-order valence-electron chi connectivity index (χ2n) is 2.64. The molecule has 0 N–H and O–H groups in total. The van der Waals surface area contributed by atoms with E-state index in [0.717, 1.165) is 14.3 Å². The lowest BCUT2D eigenvalue weighted by molar-refractivity contribution is 1.16. The summed E-state index contributed by atoms with van der Waals surface area (Å²) < 4.78 is 1.15. The number of thiophene rings is 1. The monoisotopic (exact) mass is 272 g/mol. The first-order valence-electron chi connectivity index (χ1n) is 4.56. The molecule has 0 unspecified atom stereocenters. The Labute approximate surface area is 96.5 Å². The molecule has 4 heteroatoms. The summed E-state index contributed by atoms with van der Waals surface area (Å²) in [5.41, 5.74) is 2.30. The molecule has 0 amide bonds. The predicted octanol–water partition coefficient (Wildman–Crippen LogP) is 4.10. The molecule has 0 aliphatic heterocycles. The van der Waals surface area contributed by atoms with Crippen LogP contribution < -0.4 is 0 Å². The van der Waals surface area contributed by atoms with Crippen molar-refractivity contribution in [1.29, 1.82) is 0 Å². The first kappa shape index (κ1) is 11.6. The van der Waals surface area contributed by atoms with Crippen LogP contribution in [0.3, 0.4) is 0 Å². The Morgan fingerprint density at radius 3 is 2.43 bits per heavy atom. The van der Waals surface area contributed by atoms with Gasteiger partial charge in [0.1, 0.15) is 11.2 Å². The van der Waals surface area contributed by atoms with Crippen LogP contribution in [0.15, 0.2) is 10.1 Å². The Kier molecular flexibility index (Phi) is 4.01. The third-order valence-electron chi connectivity index (χ3n) is 1.86. The lowest BCUT2D eigenvalue weighted by atomic mass is 10.2. The van der Waals surface area contributed by atoms with Gasteiger partial charge < -0.3 is 0 Å². The van der Waals surface area contributed by atoms with E-state index in [-0.39, 0.29) is 0 Å². The van der Waals surface area contributed by atoms with Crippen molar-refractivity contribution in [2.45, 2.75) is 27.7 Å². The standard InChI is InChI=1S/C8H7BrN2S.C2H6/c1-4-6-5(2)10-3-11-8(6)12-7(4)9;1-2/h3H,1-2H3;1-2H3. The fourth-order valence-corrected chi connectivity index (χ4v) is 2.81. The van der Waals surface area contributed by atoms with Gasteiger partial charge in [-0.2, -0.15) is 0 Å². The van der Waals surface area contributed by atoms with Gasteiger partial charge in [0, 0.05) is 11.1 Å². The molecular formula is C10H13BrN2S. The molecule has 76 valence electrons. The molecule has 0 aromatic carbocycles. The lowest BCUT2D eigenvalue weighted by Gasteiger charge is -1.93. The van der Waals surface area contributed by atoms with Crippen LogP contribution in [0.5, 0.6) is 0 Å². The highest BCUT2D eigenvalue weighted by molar-refractivity contribution is 9.11. The lowest BCUT2D eigenvalue weighted by Crippen LogP contribution is -1.83. The van der Waals surface area contributed by atoms with E-state index < -0.39 is 0 Å². The van der Waals surface area contributed by atoms with Crippen LogP contribution >= 0.6 is 27.3 Å². The maximum Gasteiger partial charge on any atom is 0.128 e. The summed E-state index contributed by atoms with van der Waals surface area (Å²) in [5, 5.41) is 1.19. The smallest absolute Gasteiger partial charge is 0.128 e. The molecule has 0 saturated heterocycles.